The van der Waals surface area contributed by atoms with E-state index in [0.29, 0.717) is 6.04 Å². The molecule has 1 unspecified atom stereocenters. The maximum atomic E-state index is 5.74. The van der Waals surface area contributed by atoms with Gasteiger partial charge in [0.05, 0.1) is 0 Å². The lowest BCUT2D eigenvalue weighted by Crippen LogP contribution is -2.43. The van der Waals surface area contributed by atoms with Crippen molar-refractivity contribution in [3.63, 3.8) is 0 Å². The fraction of sp³-hybridized carbons (Fsp3) is 1.00. The van der Waals surface area contributed by atoms with Gasteiger partial charge in [-0.2, -0.15) is 0 Å². The van der Waals surface area contributed by atoms with Crippen LogP contribution in [0.5, 0.6) is 0 Å². The van der Waals surface area contributed by atoms with Crippen molar-refractivity contribution in [3.8, 4) is 0 Å². The molecule has 1 rings (SSSR count). The SMILES string of the molecule is CC1CCCCN1C[C@@H](C)N. The Bertz CT molecular complexity index is 112. The van der Waals surface area contributed by atoms with Gasteiger partial charge < -0.3 is 5.73 Å². The van der Waals surface area contributed by atoms with Crippen molar-refractivity contribution in [2.24, 2.45) is 5.73 Å². The molecule has 2 N–H and O–H groups in total. The molecule has 66 valence electrons. The predicted molar refractivity (Wildman–Crippen MR) is 48.5 cm³/mol. The van der Waals surface area contributed by atoms with Crippen molar-refractivity contribution in [3.05, 3.63) is 0 Å². The first-order valence-electron chi connectivity index (χ1n) is 4.70. The molecule has 1 aliphatic heterocycles. The quantitative estimate of drug-likeness (QED) is 0.651. The zero-order valence-corrected chi connectivity index (χ0v) is 7.71. The van der Waals surface area contributed by atoms with Gasteiger partial charge in [0.1, 0.15) is 0 Å². The molecule has 0 aromatic rings. The summed E-state index contributed by atoms with van der Waals surface area (Å²) in [6.07, 6.45) is 4.11. The summed E-state index contributed by atoms with van der Waals surface area (Å²) in [6.45, 7) is 6.72. The molecule has 0 bridgehead atoms. The Hall–Kier alpha value is -0.0800. The standard InChI is InChI=1S/C9H20N2/c1-8(10)7-11-6-4-3-5-9(11)2/h8-9H,3-7,10H2,1-2H3/t8-,9?/m1/s1. The van der Waals surface area contributed by atoms with E-state index in [9.17, 15) is 0 Å². The van der Waals surface area contributed by atoms with Gasteiger partial charge in [-0.3, -0.25) is 4.90 Å². The molecular formula is C9H20N2. The molecule has 0 aromatic carbocycles. The largest absolute Gasteiger partial charge is 0.327 e. The minimum atomic E-state index is 0.329. The van der Waals surface area contributed by atoms with Crippen LogP contribution in [0.1, 0.15) is 33.1 Å². The van der Waals surface area contributed by atoms with Gasteiger partial charge >= 0.3 is 0 Å². The summed E-state index contributed by atoms with van der Waals surface area (Å²) >= 11 is 0. The van der Waals surface area contributed by atoms with Gasteiger partial charge in [0.2, 0.25) is 0 Å². The number of piperidine rings is 1. The summed E-state index contributed by atoms with van der Waals surface area (Å²) in [5.41, 5.74) is 5.74. The van der Waals surface area contributed by atoms with E-state index in [1.54, 1.807) is 0 Å². The van der Waals surface area contributed by atoms with Crippen molar-refractivity contribution in [1.29, 1.82) is 0 Å². The first-order chi connectivity index (χ1) is 5.20. The first kappa shape index (κ1) is 9.01. The second kappa shape index (κ2) is 4.07. The third-order valence-corrected chi connectivity index (χ3v) is 2.46. The van der Waals surface area contributed by atoms with Gasteiger partial charge in [-0.1, -0.05) is 6.42 Å². The normalized spacial score (nSPS) is 30.3. The van der Waals surface area contributed by atoms with E-state index < -0.39 is 0 Å². The van der Waals surface area contributed by atoms with Crippen molar-refractivity contribution >= 4 is 0 Å². The van der Waals surface area contributed by atoms with Crippen LogP contribution >= 0.6 is 0 Å². The van der Waals surface area contributed by atoms with Crippen molar-refractivity contribution in [1.82, 2.24) is 4.90 Å². The van der Waals surface area contributed by atoms with Gasteiger partial charge in [-0.15, -0.1) is 0 Å². The molecule has 2 nitrogen and oxygen atoms in total. The third kappa shape index (κ3) is 2.80. The number of likely N-dealkylation sites (tertiary alicyclic amines) is 1. The Morgan fingerprint density at radius 2 is 2.27 bits per heavy atom. The van der Waals surface area contributed by atoms with Gasteiger partial charge in [0.25, 0.3) is 0 Å². The highest BCUT2D eigenvalue weighted by Crippen LogP contribution is 2.15. The Labute approximate surface area is 69.8 Å². The summed E-state index contributed by atoms with van der Waals surface area (Å²) in [5.74, 6) is 0. The third-order valence-electron chi connectivity index (χ3n) is 2.46. The van der Waals surface area contributed by atoms with Gasteiger partial charge in [0, 0.05) is 18.6 Å². The van der Waals surface area contributed by atoms with E-state index in [2.05, 4.69) is 18.7 Å². The molecule has 1 aliphatic rings. The zero-order chi connectivity index (χ0) is 8.27. The summed E-state index contributed by atoms with van der Waals surface area (Å²) in [4.78, 5) is 2.51. The number of nitrogens with two attached hydrogens (primary N) is 1. The fourth-order valence-electron chi connectivity index (χ4n) is 1.80. The Kier molecular flexibility index (Phi) is 3.34. The van der Waals surface area contributed by atoms with Crippen LogP contribution in [0.4, 0.5) is 0 Å². The molecular weight excluding hydrogens is 136 g/mol. The highest BCUT2D eigenvalue weighted by atomic mass is 15.2. The molecule has 0 saturated carbocycles. The average molecular weight is 156 g/mol. The summed E-state index contributed by atoms with van der Waals surface area (Å²) in [6, 6.07) is 1.09. The minimum absolute atomic E-state index is 0.329. The zero-order valence-electron chi connectivity index (χ0n) is 7.71. The van der Waals surface area contributed by atoms with Crippen LogP contribution in [0.25, 0.3) is 0 Å². The fourth-order valence-corrected chi connectivity index (χ4v) is 1.80. The predicted octanol–water partition coefficient (Wildman–Crippen LogP) is 1.21. The maximum Gasteiger partial charge on any atom is 0.0139 e. The van der Waals surface area contributed by atoms with Crippen LogP contribution in [0.15, 0.2) is 0 Å². The molecule has 2 atom stereocenters. The number of hydrogen-bond acceptors (Lipinski definition) is 2. The highest BCUT2D eigenvalue weighted by molar-refractivity contribution is 4.75. The van der Waals surface area contributed by atoms with E-state index in [0.717, 1.165) is 12.6 Å². The van der Waals surface area contributed by atoms with Crippen LogP contribution in [0.3, 0.4) is 0 Å². The molecule has 0 aliphatic carbocycles. The van der Waals surface area contributed by atoms with Crippen LogP contribution in [0.2, 0.25) is 0 Å². The van der Waals surface area contributed by atoms with Crippen LogP contribution < -0.4 is 5.73 Å². The van der Waals surface area contributed by atoms with Gasteiger partial charge in [-0.25, -0.2) is 0 Å². The van der Waals surface area contributed by atoms with Gasteiger partial charge in [0.15, 0.2) is 0 Å². The lowest BCUT2D eigenvalue weighted by atomic mass is 10.0. The second-order valence-corrected chi connectivity index (χ2v) is 3.82. The monoisotopic (exact) mass is 156 g/mol. The van der Waals surface area contributed by atoms with E-state index in [-0.39, 0.29) is 0 Å². The molecule has 0 spiro atoms. The molecule has 1 heterocycles. The van der Waals surface area contributed by atoms with E-state index >= 15 is 0 Å². The summed E-state index contributed by atoms with van der Waals surface area (Å²) in [5, 5.41) is 0. The van der Waals surface area contributed by atoms with Crippen LogP contribution in [-0.4, -0.2) is 30.1 Å². The maximum absolute atomic E-state index is 5.74. The summed E-state index contributed by atoms with van der Waals surface area (Å²) < 4.78 is 0. The summed E-state index contributed by atoms with van der Waals surface area (Å²) in [7, 11) is 0. The molecule has 1 saturated heterocycles. The lowest BCUT2D eigenvalue weighted by Gasteiger charge is -2.34. The van der Waals surface area contributed by atoms with Crippen LogP contribution in [-0.2, 0) is 0 Å². The Morgan fingerprint density at radius 3 is 2.82 bits per heavy atom. The Balaban J connectivity index is 2.29. The van der Waals surface area contributed by atoms with E-state index in [4.69, 9.17) is 5.73 Å². The van der Waals surface area contributed by atoms with Crippen molar-refractivity contribution in [2.75, 3.05) is 13.1 Å². The average Bonchev–Trinajstić information content (AvgIpc) is 1.93. The number of nitrogens with zero attached hydrogens (tertiary/aromatic N) is 1. The molecule has 0 amide bonds. The number of hydrogen-bond donors (Lipinski definition) is 1. The topological polar surface area (TPSA) is 29.3 Å². The smallest absolute Gasteiger partial charge is 0.0139 e. The van der Waals surface area contributed by atoms with Gasteiger partial charge in [-0.05, 0) is 33.2 Å². The van der Waals surface area contributed by atoms with Crippen molar-refractivity contribution < 1.29 is 0 Å². The lowest BCUT2D eigenvalue weighted by molar-refractivity contribution is 0.154. The molecule has 0 aromatic heterocycles. The number of rotatable bonds is 2. The van der Waals surface area contributed by atoms with E-state index in [1.165, 1.54) is 25.8 Å². The molecule has 1 fully saturated rings. The first-order valence-corrected chi connectivity index (χ1v) is 4.70. The molecule has 11 heavy (non-hydrogen) atoms. The Morgan fingerprint density at radius 1 is 1.55 bits per heavy atom. The second-order valence-electron chi connectivity index (χ2n) is 3.82. The highest BCUT2D eigenvalue weighted by Gasteiger charge is 2.18. The molecule has 0 radical (unpaired) electrons. The van der Waals surface area contributed by atoms with Crippen molar-refractivity contribution in [2.45, 2.75) is 45.2 Å². The minimum Gasteiger partial charge on any atom is -0.327 e. The van der Waals surface area contributed by atoms with Crippen LogP contribution in [0, 0.1) is 0 Å². The van der Waals surface area contributed by atoms with E-state index in [1.807, 2.05) is 0 Å². The molecule has 2 heteroatoms.